The average Bonchev–Trinajstić information content (AvgIpc) is 3.13. The number of nitrogens with two attached hydrogens (primary N) is 1. The average molecular weight is 445 g/mol. The second-order valence-corrected chi connectivity index (χ2v) is 8.18. The quantitative estimate of drug-likeness (QED) is 0.655. The predicted molar refractivity (Wildman–Crippen MR) is 120 cm³/mol. The Morgan fingerprint density at radius 1 is 1.23 bits per heavy atom. The Kier molecular flexibility index (Phi) is 6.85. The number of hydrogen-bond acceptors (Lipinski definition) is 2. The van der Waals surface area contributed by atoms with Crippen LogP contribution in [0.15, 0.2) is 54.6 Å². The van der Waals surface area contributed by atoms with Gasteiger partial charge in [0.05, 0.1) is 5.54 Å². The summed E-state index contributed by atoms with van der Waals surface area (Å²) in [4.78, 5) is 27.5. The SMILES string of the molecule is CN(C)C(=O)N1CC(c2cc(Cl)ccc2F)=CC1(CCCNC(N)=O)c1ccccc1. The van der Waals surface area contributed by atoms with Gasteiger partial charge in [0.2, 0.25) is 0 Å². The van der Waals surface area contributed by atoms with Gasteiger partial charge >= 0.3 is 12.1 Å². The third-order valence-corrected chi connectivity index (χ3v) is 5.65. The summed E-state index contributed by atoms with van der Waals surface area (Å²) in [6, 6.07) is 13.2. The van der Waals surface area contributed by atoms with Crippen LogP contribution in [0.4, 0.5) is 14.0 Å². The van der Waals surface area contributed by atoms with Gasteiger partial charge in [-0.1, -0.05) is 41.9 Å². The van der Waals surface area contributed by atoms with Crippen molar-refractivity contribution in [2.45, 2.75) is 18.4 Å². The van der Waals surface area contributed by atoms with Gasteiger partial charge < -0.3 is 20.9 Å². The van der Waals surface area contributed by atoms with E-state index in [-0.39, 0.29) is 12.6 Å². The van der Waals surface area contributed by atoms with E-state index >= 15 is 0 Å². The highest BCUT2D eigenvalue weighted by Crippen LogP contribution is 2.44. The van der Waals surface area contributed by atoms with Crippen LogP contribution in [-0.2, 0) is 5.54 Å². The number of urea groups is 2. The van der Waals surface area contributed by atoms with Crippen molar-refractivity contribution in [1.29, 1.82) is 0 Å². The zero-order valence-corrected chi connectivity index (χ0v) is 18.3. The highest BCUT2D eigenvalue weighted by Gasteiger charge is 2.45. The highest BCUT2D eigenvalue weighted by molar-refractivity contribution is 6.30. The first-order valence-corrected chi connectivity index (χ1v) is 10.4. The van der Waals surface area contributed by atoms with E-state index < -0.39 is 17.4 Å². The van der Waals surface area contributed by atoms with Gasteiger partial charge in [0.15, 0.2) is 0 Å². The van der Waals surface area contributed by atoms with Crippen LogP contribution < -0.4 is 11.1 Å². The number of hydrogen-bond donors (Lipinski definition) is 2. The van der Waals surface area contributed by atoms with Gasteiger partial charge in [0.25, 0.3) is 0 Å². The maximum absolute atomic E-state index is 14.7. The maximum Gasteiger partial charge on any atom is 0.320 e. The molecule has 6 nitrogen and oxygen atoms in total. The summed E-state index contributed by atoms with van der Waals surface area (Å²) in [6.07, 6.45) is 3.03. The molecule has 0 fully saturated rings. The van der Waals surface area contributed by atoms with Gasteiger partial charge in [-0.15, -0.1) is 0 Å². The van der Waals surface area contributed by atoms with Crippen LogP contribution in [0.25, 0.3) is 5.57 Å². The molecule has 3 N–H and O–H groups in total. The van der Waals surface area contributed by atoms with E-state index in [1.165, 1.54) is 17.0 Å². The monoisotopic (exact) mass is 444 g/mol. The largest absolute Gasteiger partial charge is 0.352 e. The minimum atomic E-state index is -0.813. The highest BCUT2D eigenvalue weighted by atomic mass is 35.5. The van der Waals surface area contributed by atoms with Crippen molar-refractivity contribution < 1.29 is 14.0 Å². The summed E-state index contributed by atoms with van der Waals surface area (Å²) >= 11 is 6.13. The van der Waals surface area contributed by atoms with Crippen LogP contribution in [0.3, 0.4) is 0 Å². The van der Waals surface area contributed by atoms with Crippen molar-refractivity contribution >= 4 is 29.2 Å². The van der Waals surface area contributed by atoms with Crippen molar-refractivity contribution in [3.8, 4) is 0 Å². The standard InChI is InChI=1S/C23H26ClFN4O2/c1-28(2)22(31)29-15-16(19-13-18(24)9-10-20(19)25)14-23(29,11-6-12-27-21(26)30)17-7-4-3-5-8-17/h3-5,7-10,13-14H,6,11-12,15H2,1-2H3,(H3,26,27,30). The van der Waals surface area contributed by atoms with Crippen molar-refractivity contribution in [3.63, 3.8) is 0 Å². The molecule has 164 valence electrons. The number of amides is 4. The number of halogens is 2. The molecule has 2 aromatic carbocycles. The molecule has 0 saturated heterocycles. The smallest absolute Gasteiger partial charge is 0.320 e. The van der Waals surface area contributed by atoms with E-state index in [2.05, 4.69) is 5.32 Å². The topological polar surface area (TPSA) is 78.7 Å². The van der Waals surface area contributed by atoms with E-state index in [1.807, 2.05) is 36.4 Å². The van der Waals surface area contributed by atoms with Gasteiger partial charge in [-0.2, -0.15) is 0 Å². The van der Waals surface area contributed by atoms with E-state index in [1.54, 1.807) is 25.1 Å². The van der Waals surface area contributed by atoms with Crippen molar-refractivity contribution in [1.82, 2.24) is 15.1 Å². The van der Waals surface area contributed by atoms with Crippen LogP contribution >= 0.6 is 11.6 Å². The lowest BCUT2D eigenvalue weighted by Crippen LogP contribution is -2.49. The predicted octanol–water partition coefficient (Wildman–Crippen LogP) is 4.20. The number of benzene rings is 2. The van der Waals surface area contributed by atoms with Crippen molar-refractivity contribution in [2.24, 2.45) is 5.73 Å². The fourth-order valence-electron chi connectivity index (χ4n) is 4.00. The fourth-order valence-corrected chi connectivity index (χ4v) is 4.17. The first-order chi connectivity index (χ1) is 14.7. The zero-order valence-electron chi connectivity index (χ0n) is 17.6. The maximum atomic E-state index is 14.7. The third kappa shape index (κ3) is 4.82. The van der Waals surface area contributed by atoms with Gasteiger partial charge in [0, 0.05) is 37.8 Å². The Balaban J connectivity index is 2.11. The molecule has 1 heterocycles. The second kappa shape index (κ2) is 9.39. The minimum Gasteiger partial charge on any atom is -0.352 e. The first-order valence-electron chi connectivity index (χ1n) is 9.99. The summed E-state index contributed by atoms with van der Waals surface area (Å²) in [5.41, 5.74) is 6.33. The summed E-state index contributed by atoms with van der Waals surface area (Å²) in [6.45, 7) is 0.592. The van der Waals surface area contributed by atoms with Gasteiger partial charge in [-0.3, -0.25) is 0 Å². The van der Waals surface area contributed by atoms with Crippen molar-refractivity contribution in [3.05, 3.63) is 76.6 Å². The Labute approximate surface area is 186 Å². The van der Waals surface area contributed by atoms with E-state index in [4.69, 9.17) is 17.3 Å². The fraction of sp³-hybridized carbons (Fsp3) is 0.304. The zero-order chi connectivity index (χ0) is 22.6. The van der Waals surface area contributed by atoms with Crippen LogP contribution in [0.5, 0.6) is 0 Å². The van der Waals surface area contributed by atoms with Gasteiger partial charge in [0.1, 0.15) is 5.82 Å². The number of primary amides is 1. The number of rotatable bonds is 6. The number of carbonyl (C=O) groups is 2. The minimum absolute atomic E-state index is 0.194. The molecule has 31 heavy (non-hydrogen) atoms. The molecular formula is C23H26ClFN4O2. The molecule has 0 radical (unpaired) electrons. The van der Waals surface area contributed by atoms with E-state index in [0.717, 1.165) is 5.56 Å². The molecule has 0 aliphatic carbocycles. The normalized spacial score (nSPS) is 17.9. The lowest BCUT2D eigenvalue weighted by Gasteiger charge is -2.40. The lowest BCUT2D eigenvalue weighted by atomic mass is 9.84. The first kappa shape index (κ1) is 22.6. The molecular weight excluding hydrogens is 419 g/mol. The molecule has 2 aromatic rings. The molecule has 0 spiro atoms. The summed E-state index contributed by atoms with van der Waals surface area (Å²) in [5, 5.41) is 3.01. The van der Waals surface area contributed by atoms with E-state index in [0.29, 0.717) is 35.5 Å². The van der Waals surface area contributed by atoms with Gasteiger partial charge in [-0.05, 0) is 48.3 Å². The lowest BCUT2D eigenvalue weighted by molar-refractivity contribution is 0.130. The second-order valence-electron chi connectivity index (χ2n) is 7.74. The molecule has 1 atom stereocenters. The van der Waals surface area contributed by atoms with Crippen LogP contribution in [0, 0.1) is 5.82 Å². The number of nitrogens with one attached hydrogen (secondary N) is 1. The number of carbonyl (C=O) groups excluding carboxylic acids is 2. The summed E-state index contributed by atoms with van der Waals surface area (Å²) in [5.74, 6) is -0.396. The summed E-state index contributed by atoms with van der Waals surface area (Å²) < 4.78 is 14.7. The van der Waals surface area contributed by atoms with Crippen LogP contribution in [0.1, 0.15) is 24.0 Å². The Hall–Kier alpha value is -3.06. The Bertz CT molecular complexity index is 996. The van der Waals surface area contributed by atoms with Crippen molar-refractivity contribution in [2.75, 3.05) is 27.2 Å². The molecule has 1 aliphatic rings. The summed E-state index contributed by atoms with van der Waals surface area (Å²) in [7, 11) is 3.37. The third-order valence-electron chi connectivity index (χ3n) is 5.42. The molecule has 4 amide bonds. The molecule has 3 rings (SSSR count). The molecule has 0 saturated carbocycles. The molecule has 8 heteroatoms. The molecule has 1 unspecified atom stereocenters. The molecule has 0 aromatic heterocycles. The Morgan fingerprint density at radius 3 is 2.58 bits per heavy atom. The van der Waals surface area contributed by atoms with Gasteiger partial charge in [-0.25, -0.2) is 14.0 Å². The van der Waals surface area contributed by atoms with E-state index in [9.17, 15) is 14.0 Å². The van der Waals surface area contributed by atoms with Crippen LogP contribution in [0.2, 0.25) is 5.02 Å². The number of nitrogens with zero attached hydrogens (tertiary/aromatic N) is 2. The molecule has 1 aliphatic heterocycles. The van der Waals surface area contributed by atoms with Crippen LogP contribution in [-0.4, -0.2) is 49.0 Å². The Morgan fingerprint density at radius 2 is 1.94 bits per heavy atom. The molecule has 0 bridgehead atoms.